The quantitative estimate of drug-likeness (QED) is 0.680. The molecule has 1 saturated heterocycles. The second-order valence-electron chi connectivity index (χ2n) is 6.44. The Hall–Kier alpha value is -2.70. The maximum atomic E-state index is 12.9. The third-order valence-electron chi connectivity index (χ3n) is 4.80. The lowest BCUT2D eigenvalue weighted by molar-refractivity contribution is -0.141. The Morgan fingerprint density at radius 3 is 2.54 bits per heavy atom. The van der Waals surface area contributed by atoms with Crippen LogP contribution in [0, 0.1) is 0 Å². The smallest absolute Gasteiger partial charge is 0.371 e. The molecule has 0 amide bonds. The fourth-order valence-corrected chi connectivity index (χ4v) is 3.40. The van der Waals surface area contributed by atoms with E-state index in [1.54, 1.807) is 12.3 Å². The summed E-state index contributed by atoms with van der Waals surface area (Å²) >= 11 is 0. The van der Waals surface area contributed by atoms with Crippen molar-refractivity contribution in [1.82, 2.24) is 15.0 Å². The van der Waals surface area contributed by atoms with Crippen LogP contribution in [0.4, 0.5) is 18.9 Å². The van der Waals surface area contributed by atoms with Crippen molar-refractivity contribution in [2.45, 2.75) is 24.9 Å². The van der Waals surface area contributed by atoms with E-state index < -0.39 is 11.9 Å². The summed E-state index contributed by atoms with van der Waals surface area (Å²) in [4.78, 5) is 14.4. The van der Waals surface area contributed by atoms with Crippen LogP contribution < -0.4 is 4.90 Å². The van der Waals surface area contributed by atoms with Gasteiger partial charge in [-0.15, -0.1) is 0 Å². The molecular formula is C19H17F3N4. The van der Waals surface area contributed by atoms with Crippen LogP contribution in [0.1, 0.15) is 30.1 Å². The van der Waals surface area contributed by atoms with Crippen molar-refractivity contribution in [3.8, 4) is 0 Å². The van der Waals surface area contributed by atoms with Crippen LogP contribution in [-0.4, -0.2) is 28.0 Å². The molecule has 4 heterocycles. The SMILES string of the molecule is FC(F)(F)c1cc(N2CCC(c3ccc4cccnc4n3)CC2)ccn1. The highest BCUT2D eigenvalue weighted by Crippen LogP contribution is 2.33. The van der Waals surface area contributed by atoms with E-state index in [4.69, 9.17) is 0 Å². The Labute approximate surface area is 148 Å². The van der Waals surface area contributed by atoms with Gasteiger partial charge < -0.3 is 4.90 Å². The second kappa shape index (κ2) is 6.55. The number of piperidine rings is 1. The molecule has 3 aromatic rings. The molecule has 0 radical (unpaired) electrons. The predicted octanol–water partition coefficient (Wildman–Crippen LogP) is 4.43. The molecule has 0 N–H and O–H groups in total. The van der Waals surface area contributed by atoms with Gasteiger partial charge >= 0.3 is 6.18 Å². The van der Waals surface area contributed by atoms with Crippen molar-refractivity contribution < 1.29 is 13.2 Å². The Morgan fingerprint density at radius 2 is 1.77 bits per heavy atom. The van der Waals surface area contributed by atoms with Gasteiger partial charge in [0.1, 0.15) is 5.69 Å². The molecule has 1 aliphatic heterocycles. The molecule has 0 spiro atoms. The zero-order valence-corrected chi connectivity index (χ0v) is 13.9. The monoisotopic (exact) mass is 358 g/mol. The first-order valence-electron chi connectivity index (χ1n) is 8.50. The molecule has 0 aromatic carbocycles. The van der Waals surface area contributed by atoms with E-state index in [0.29, 0.717) is 24.7 Å². The van der Waals surface area contributed by atoms with Crippen molar-refractivity contribution in [2.75, 3.05) is 18.0 Å². The first kappa shape index (κ1) is 16.8. The van der Waals surface area contributed by atoms with E-state index in [1.807, 2.05) is 29.2 Å². The van der Waals surface area contributed by atoms with E-state index in [1.165, 1.54) is 6.20 Å². The molecule has 0 unspecified atom stereocenters. The molecule has 0 bridgehead atoms. The third kappa shape index (κ3) is 3.34. The van der Waals surface area contributed by atoms with Crippen LogP contribution in [0.25, 0.3) is 11.0 Å². The Morgan fingerprint density at radius 1 is 0.962 bits per heavy atom. The maximum absolute atomic E-state index is 12.9. The zero-order valence-electron chi connectivity index (χ0n) is 13.9. The van der Waals surface area contributed by atoms with Crippen LogP contribution in [0.15, 0.2) is 48.8 Å². The van der Waals surface area contributed by atoms with Gasteiger partial charge in [0.2, 0.25) is 0 Å². The van der Waals surface area contributed by atoms with E-state index >= 15 is 0 Å². The minimum Gasteiger partial charge on any atom is -0.371 e. The number of aromatic nitrogens is 3. The molecule has 1 fully saturated rings. The third-order valence-corrected chi connectivity index (χ3v) is 4.80. The summed E-state index contributed by atoms with van der Waals surface area (Å²) in [6, 6.07) is 10.7. The van der Waals surface area contributed by atoms with Crippen LogP contribution >= 0.6 is 0 Å². The number of rotatable bonds is 2. The molecule has 1 aliphatic rings. The molecule has 26 heavy (non-hydrogen) atoms. The van der Waals surface area contributed by atoms with Crippen LogP contribution in [0.5, 0.6) is 0 Å². The number of hydrogen-bond donors (Lipinski definition) is 0. The minimum absolute atomic E-state index is 0.293. The summed E-state index contributed by atoms with van der Waals surface area (Å²) < 4.78 is 38.6. The normalized spacial score (nSPS) is 16.2. The fourth-order valence-electron chi connectivity index (χ4n) is 3.40. The number of fused-ring (bicyclic) bond motifs is 1. The zero-order chi connectivity index (χ0) is 18.1. The van der Waals surface area contributed by atoms with Crippen molar-refractivity contribution in [1.29, 1.82) is 0 Å². The first-order chi connectivity index (χ1) is 12.5. The first-order valence-corrected chi connectivity index (χ1v) is 8.50. The molecule has 134 valence electrons. The molecule has 3 aromatic heterocycles. The van der Waals surface area contributed by atoms with E-state index in [0.717, 1.165) is 35.6 Å². The lowest BCUT2D eigenvalue weighted by Crippen LogP contribution is -2.33. The standard InChI is InChI=1S/C19H17F3N4/c20-19(21,22)17-12-15(5-9-23-17)26-10-6-13(7-11-26)16-4-3-14-2-1-8-24-18(14)25-16/h1-5,8-9,12-13H,6-7,10-11H2. The van der Waals surface area contributed by atoms with Crippen molar-refractivity contribution in [2.24, 2.45) is 0 Å². The van der Waals surface area contributed by atoms with Gasteiger partial charge in [-0.2, -0.15) is 13.2 Å². The Balaban J connectivity index is 1.48. The minimum atomic E-state index is -4.42. The van der Waals surface area contributed by atoms with Gasteiger partial charge in [-0.25, -0.2) is 9.97 Å². The predicted molar refractivity (Wildman–Crippen MR) is 93.0 cm³/mol. The summed E-state index contributed by atoms with van der Waals surface area (Å²) in [5, 5.41) is 1.00. The number of pyridine rings is 3. The maximum Gasteiger partial charge on any atom is 0.433 e. The molecule has 0 aliphatic carbocycles. The van der Waals surface area contributed by atoms with Gasteiger partial charge in [-0.3, -0.25) is 4.98 Å². The summed E-state index contributed by atoms with van der Waals surface area (Å²) in [5.74, 6) is 0.293. The highest BCUT2D eigenvalue weighted by Gasteiger charge is 2.33. The largest absolute Gasteiger partial charge is 0.433 e. The fraction of sp³-hybridized carbons (Fsp3) is 0.316. The van der Waals surface area contributed by atoms with E-state index in [2.05, 4.69) is 15.0 Å². The molecular weight excluding hydrogens is 341 g/mol. The number of halogens is 3. The molecule has 0 saturated carbocycles. The van der Waals surface area contributed by atoms with Gasteiger partial charge in [0.25, 0.3) is 0 Å². The summed E-state index contributed by atoms with van der Waals surface area (Å²) in [5.41, 5.74) is 1.45. The highest BCUT2D eigenvalue weighted by molar-refractivity contribution is 5.74. The Kier molecular flexibility index (Phi) is 4.22. The van der Waals surface area contributed by atoms with Gasteiger partial charge in [-0.05, 0) is 49.2 Å². The van der Waals surface area contributed by atoms with Gasteiger partial charge in [0.05, 0.1) is 0 Å². The van der Waals surface area contributed by atoms with Gasteiger partial charge in [0, 0.05) is 48.2 Å². The number of anilines is 1. The molecule has 7 heteroatoms. The molecule has 0 atom stereocenters. The van der Waals surface area contributed by atoms with Gasteiger partial charge in [-0.1, -0.05) is 0 Å². The van der Waals surface area contributed by atoms with Crippen LogP contribution in [0.2, 0.25) is 0 Å². The summed E-state index contributed by atoms with van der Waals surface area (Å²) in [7, 11) is 0. The van der Waals surface area contributed by atoms with Crippen molar-refractivity contribution in [3.05, 3.63) is 60.2 Å². The second-order valence-corrected chi connectivity index (χ2v) is 6.44. The highest BCUT2D eigenvalue weighted by atomic mass is 19.4. The van der Waals surface area contributed by atoms with Crippen molar-refractivity contribution in [3.63, 3.8) is 0 Å². The van der Waals surface area contributed by atoms with Crippen LogP contribution in [-0.2, 0) is 6.18 Å². The Bertz CT molecular complexity index is 918. The molecule has 4 rings (SSSR count). The lowest BCUT2D eigenvalue weighted by Gasteiger charge is -2.33. The lowest BCUT2D eigenvalue weighted by atomic mass is 9.92. The van der Waals surface area contributed by atoms with E-state index in [9.17, 15) is 13.2 Å². The van der Waals surface area contributed by atoms with Gasteiger partial charge in [0.15, 0.2) is 5.65 Å². The molecule has 4 nitrogen and oxygen atoms in total. The summed E-state index contributed by atoms with van der Waals surface area (Å²) in [6.45, 7) is 1.38. The average molecular weight is 358 g/mol. The van der Waals surface area contributed by atoms with Crippen molar-refractivity contribution >= 4 is 16.7 Å². The summed E-state index contributed by atoms with van der Waals surface area (Å²) in [6.07, 6.45) is 0.213. The van der Waals surface area contributed by atoms with Crippen LogP contribution in [0.3, 0.4) is 0 Å². The number of alkyl halides is 3. The number of nitrogens with zero attached hydrogens (tertiary/aromatic N) is 4. The topological polar surface area (TPSA) is 41.9 Å². The van der Waals surface area contributed by atoms with E-state index in [-0.39, 0.29) is 0 Å². The average Bonchev–Trinajstić information content (AvgIpc) is 2.67. The number of hydrogen-bond acceptors (Lipinski definition) is 4.